The molecular formula is C21H27N3O4. The Balaban J connectivity index is 1.43. The molecule has 2 fully saturated rings. The predicted octanol–water partition coefficient (Wildman–Crippen LogP) is 2.79. The van der Waals surface area contributed by atoms with Crippen molar-refractivity contribution in [3.8, 4) is 0 Å². The van der Waals surface area contributed by atoms with E-state index in [1.165, 1.54) is 6.08 Å². The fraction of sp³-hybridized carbons (Fsp3) is 0.476. The van der Waals surface area contributed by atoms with Crippen LogP contribution in [0.25, 0.3) is 6.08 Å². The molecule has 1 aromatic rings. The first-order valence-electron chi connectivity index (χ1n) is 9.86. The normalized spacial score (nSPS) is 17.4. The number of urea groups is 1. The highest BCUT2D eigenvalue weighted by Crippen LogP contribution is 2.29. The minimum Gasteiger partial charge on any atom is -0.463 e. The molecule has 0 spiro atoms. The molecule has 1 aliphatic carbocycles. The van der Waals surface area contributed by atoms with Crippen LogP contribution in [0.3, 0.4) is 0 Å². The molecule has 1 saturated heterocycles. The van der Waals surface area contributed by atoms with Crippen molar-refractivity contribution in [2.24, 2.45) is 5.92 Å². The summed E-state index contributed by atoms with van der Waals surface area (Å²) in [6.07, 6.45) is 6.62. The van der Waals surface area contributed by atoms with E-state index in [4.69, 9.17) is 4.74 Å². The smallest absolute Gasteiger partial charge is 0.330 e. The second kappa shape index (κ2) is 9.39. The van der Waals surface area contributed by atoms with Gasteiger partial charge in [0.25, 0.3) is 0 Å². The second-order valence-electron chi connectivity index (χ2n) is 7.18. The summed E-state index contributed by atoms with van der Waals surface area (Å²) in [6, 6.07) is 7.27. The van der Waals surface area contributed by atoms with Crippen molar-refractivity contribution in [3.63, 3.8) is 0 Å². The van der Waals surface area contributed by atoms with Crippen molar-refractivity contribution in [1.82, 2.24) is 10.2 Å². The molecule has 150 valence electrons. The number of anilines is 1. The quantitative estimate of drug-likeness (QED) is 0.582. The van der Waals surface area contributed by atoms with E-state index in [1.54, 1.807) is 30.0 Å². The zero-order valence-corrected chi connectivity index (χ0v) is 16.1. The SMILES string of the molecule is CCOC(=O)/C=C\c1ccc(NC(=O)N2CCC(NC(=O)C3CC3)CC2)cc1. The highest BCUT2D eigenvalue weighted by molar-refractivity contribution is 5.90. The van der Waals surface area contributed by atoms with Crippen molar-refractivity contribution in [1.29, 1.82) is 0 Å². The summed E-state index contributed by atoms with van der Waals surface area (Å²) >= 11 is 0. The summed E-state index contributed by atoms with van der Waals surface area (Å²) in [4.78, 5) is 37.4. The van der Waals surface area contributed by atoms with Gasteiger partial charge in [-0.05, 0) is 56.4 Å². The molecule has 0 unspecified atom stereocenters. The number of ether oxygens (including phenoxy) is 1. The summed E-state index contributed by atoms with van der Waals surface area (Å²) < 4.78 is 4.84. The number of hydrogen-bond acceptors (Lipinski definition) is 4. The number of hydrogen-bond donors (Lipinski definition) is 2. The van der Waals surface area contributed by atoms with E-state index < -0.39 is 0 Å². The van der Waals surface area contributed by atoms with Crippen LogP contribution in [-0.2, 0) is 14.3 Å². The van der Waals surface area contributed by atoms with Gasteiger partial charge in [-0.2, -0.15) is 0 Å². The van der Waals surface area contributed by atoms with E-state index in [2.05, 4.69) is 10.6 Å². The van der Waals surface area contributed by atoms with Gasteiger partial charge in [0, 0.05) is 36.8 Å². The number of rotatable bonds is 6. The molecule has 1 aromatic carbocycles. The first kappa shape index (κ1) is 19.9. The maximum Gasteiger partial charge on any atom is 0.330 e. The van der Waals surface area contributed by atoms with Crippen LogP contribution in [0, 0.1) is 5.92 Å². The van der Waals surface area contributed by atoms with Gasteiger partial charge in [0.2, 0.25) is 5.91 Å². The summed E-state index contributed by atoms with van der Waals surface area (Å²) in [5.41, 5.74) is 1.54. The van der Waals surface area contributed by atoms with Crippen molar-refractivity contribution in [2.45, 2.75) is 38.6 Å². The first-order valence-corrected chi connectivity index (χ1v) is 9.86. The van der Waals surface area contributed by atoms with Crippen LogP contribution in [0.15, 0.2) is 30.3 Å². The van der Waals surface area contributed by atoms with Crippen LogP contribution in [-0.4, -0.2) is 48.5 Å². The van der Waals surface area contributed by atoms with E-state index in [-0.39, 0.29) is 29.9 Å². The third-order valence-electron chi connectivity index (χ3n) is 4.94. The van der Waals surface area contributed by atoms with E-state index in [1.807, 2.05) is 12.1 Å². The first-order chi connectivity index (χ1) is 13.5. The maximum atomic E-state index is 12.4. The molecule has 7 nitrogen and oxygen atoms in total. The lowest BCUT2D eigenvalue weighted by Gasteiger charge is -2.32. The fourth-order valence-electron chi connectivity index (χ4n) is 3.13. The maximum absolute atomic E-state index is 12.4. The zero-order valence-electron chi connectivity index (χ0n) is 16.1. The van der Waals surface area contributed by atoms with Crippen molar-refractivity contribution in [2.75, 3.05) is 25.0 Å². The Morgan fingerprint density at radius 2 is 1.79 bits per heavy atom. The van der Waals surface area contributed by atoms with Crippen LogP contribution in [0.2, 0.25) is 0 Å². The number of amides is 3. The van der Waals surface area contributed by atoms with Gasteiger partial charge in [-0.3, -0.25) is 4.79 Å². The van der Waals surface area contributed by atoms with Gasteiger partial charge in [-0.15, -0.1) is 0 Å². The Hall–Kier alpha value is -2.83. The van der Waals surface area contributed by atoms with Crippen LogP contribution >= 0.6 is 0 Å². The molecule has 1 aliphatic heterocycles. The lowest BCUT2D eigenvalue weighted by Crippen LogP contribution is -2.48. The molecule has 0 atom stereocenters. The molecule has 3 amide bonds. The number of nitrogens with zero attached hydrogens (tertiary/aromatic N) is 1. The molecule has 3 rings (SSSR count). The number of likely N-dealkylation sites (tertiary alicyclic amines) is 1. The average Bonchev–Trinajstić information content (AvgIpc) is 3.54. The monoisotopic (exact) mass is 385 g/mol. The van der Waals surface area contributed by atoms with Gasteiger partial charge < -0.3 is 20.3 Å². The summed E-state index contributed by atoms with van der Waals surface area (Å²) in [5, 5.41) is 5.98. The Morgan fingerprint density at radius 1 is 1.11 bits per heavy atom. The molecule has 1 saturated carbocycles. The lowest BCUT2D eigenvalue weighted by atomic mass is 10.1. The number of benzene rings is 1. The van der Waals surface area contributed by atoms with Gasteiger partial charge in [0.05, 0.1) is 6.61 Å². The van der Waals surface area contributed by atoms with Gasteiger partial charge in [-0.25, -0.2) is 9.59 Å². The summed E-state index contributed by atoms with van der Waals surface area (Å²) in [7, 11) is 0. The van der Waals surface area contributed by atoms with E-state index in [0.29, 0.717) is 25.4 Å². The van der Waals surface area contributed by atoms with Crippen molar-refractivity contribution < 1.29 is 19.1 Å². The topological polar surface area (TPSA) is 87.7 Å². The molecular weight excluding hydrogens is 358 g/mol. The van der Waals surface area contributed by atoms with Crippen LogP contribution in [0.1, 0.15) is 38.2 Å². The largest absolute Gasteiger partial charge is 0.463 e. The van der Waals surface area contributed by atoms with Gasteiger partial charge in [0.1, 0.15) is 0 Å². The molecule has 0 aromatic heterocycles. The molecule has 7 heteroatoms. The number of piperidine rings is 1. The summed E-state index contributed by atoms with van der Waals surface area (Å²) in [6.45, 7) is 3.36. The third-order valence-corrected chi connectivity index (χ3v) is 4.94. The molecule has 28 heavy (non-hydrogen) atoms. The highest BCUT2D eigenvalue weighted by Gasteiger charge is 2.32. The van der Waals surface area contributed by atoms with Crippen LogP contribution in [0.4, 0.5) is 10.5 Å². The number of esters is 1. The minimum atomic E-state index is -0.378. The predicted molar refractivity (Wildman–Crippen MR) is 107 cm³/mol. The van der Waals surface area contributed by atoms with E-state index in [0.717, 1.165) is 31.2 Å². The Bertz CT molecular complexity index is 733. The third kappa shape index (κ3) is 5.84. The molecule has 1 heterocycles. The van der Waals surface area contributed by atoms with Gasteiger partial charge in [0.15, 0.2) is 0 Å². The Morgan fingerprint density at radius 3 is 2.39 bits per heavy atom. The van der Waals surface area contributed by atoms with Crippen molar-refractivity contribution in [3.05, 3.63) is 35.9 Å². The van der Waals surface area contributed by atoms with E-state index in [9.17, 15) is 14.4 Å². The zero-order chi connectivity index (χ0) is 19.9. The molecule has 2 N–H and O–H groups in total. The molecule has 0 bridgehead atoms. The van der Waals surface area contributed by atoms with Crippen molar-refractivity contribution >= 4 is 29.7 Å². The van der Waals surface area contributed by atoms with Gasteiger partial charge >= 0.3 is 12.0 Å². The Labute approximate surface area is 165 Å². The van der Waals surface area contributed by atoms with Gasteiger partial charge in [-0.1, -0.05) is 12.1 Å². The average molecular weight is 385 g/mol. The molecule has 0 radical (unpaired) electrons. The minimum absolute atomic E-state index is 0.137. The number of nitrogens with one attached hydrogen (secondary N) is 2. The highest BCUT2D eigenvalue weighted by atomic mass is 16.5. The van der Waals surface area contributed by atoms with E-state index >= 15 is 0 Å². The lowest BCUT2D eigenvalue weighted by molar-refractivity contribution is -0.137. The second-order valence-corrected chi connectivity index (χ2v) is 7.18. The standard InChI is InChI=1S/C21H27N3O4/c1-2-28-19(25)10-5-15-3-8-17(9-4-15)23-21(27)24-13-11-18(12-14-24)22-20(26)16-6-7-16/h3-5,8-10,16,18H,2,6-7,11-14H2,1H3,(H,22,26)(H,23,27)/b10-5-. The van der Waals surface area contributed by atoms with Crippen LogP contribution < -0.4 is 10.6 Å². The number of carbonyl (C=O) groups is 3. The number of carbonyl (C=O) groups excluding carboxylic acids is 3. The fourth-order valence-corrected chi connectivity index (χ4v) is 3.13. The molecule has 2 aliphatic rings. The Kier molecular flexibility index (Phi) is 6.68. The summed E-state index contributed by atoms with van der Waals surface area (Å²) in [5.74, 6) is 0.00744. The van der Waals surface area contributed by atoms with Crippen LogP contribution in [0.5, 0.6) is 0 Å².